The summed E-state index contributed by atoms with van der Waals surface area (Å²) in [7, 11) is 0. The summed E-state index contributed by atoms with van der Waals surface area (Å²) in [5.41, 5.74) is 6.92. The fraction of sp³-hybridized carbons (Fsp3) is 0.625. The van der Waals surface area contributed by atoms with Crippen LogP contribution in [0.4, 0.5) is 0 Å². The molecule has 2 heteroatoms. The van der Waals surface area contributed by atoms with Crippen molar-refractivity contribution in [1.82, 2.24) is 0 Å². The summed E-state index contributed by atoms with van der Waals surface area (Å²) in [5, 5.41) is 0. The molecule has 1 fully saturated rings. The SMILES string of the molecule is CC1(Oc2ccc(CCCN)cc2)CCCCC1. The standard InChI is InChI=1S/C16H25NO/c1-16(11-3-2-4-12-16)18-15-9-7-14(8-10-15)6-5-13-17/h7-10H,2-6,11-13,17H2,1H3. The van der Waals surface area contributed by atoms with Gasteiger partial charge in [-0.3, -0.25) is 0 Å². The van der Waals surface area contributed by atoms with Gasteiger partial charge < -0.3 is 10.5 Å². The summed E-state index contributed by atoms with van der Waals surface area (Å²) in [6.07, 6.45) is 8.43. The zero-order chi connectivity index (χ0) is 12.8. The second-order valence-corrected chi connectivity index (χ2v) is 5.65. The molecule has 100 valence electrons. The highest BCUT2D eigenvalue weighted by atomic mass is 16.5. The maximum absolute atomic E-state index is 6.18. The molecule has 0 aliphatic heterocycles. The lowest BCUT2D eigenvalue weighted by Gasteiger charge is -2.34. The molecule has 0 heterocycles. The van der Waals surface area contributed by atoms with Crippen molar-refractivity contribution in [3.05, 3.63) is 29.8 Å². The summed E-state index contributed by atoms with van der Waals surface area (Å²) in [6, 6.07) is 8.53. The van der Waals surface area contributed by atoms with Crippen LogP contribution in [-0.4, -0.2) is 12.1 Å². The Balaban J connectivity index is 1.92. The van der Waals surface area contributed by atoms with E-state index in [2.05, 4.69) is 31.2 Å². The fourth-order valence-electron chi connectivity index (χ4n) is 2.72. The van der Waals surface area contributed by atoms with E-state index >= 15 is 0 Å². The summed E-state index contributed by atoms with van der Waals surface area (Å²) >= 11 is 0. The van der Waals surface area contributed by atoms with Gasteiger partial charge in [0.15, 0.2) is 0 Å². The van der Waals surface area contributed by atoms with Crippen molar-refractivity contribution < 1.29 is 4.74 Å². The third-order valence-electron chi connectivity index (χ3n) is 3.87. The van der Waals surface area contributed by atoms with Gasteiger partial charge in [0.1, 0.15) is 11.4 Å². The topological polar surface area (TPSA) is 35.2 Å². The minimum absolute atomic E-state index is 0.0526. The molecule has 1 aliphatic carbocycles. The molecule has 1 aromatic rings. The fourth-order valence-corrected chi connectivity index (χ4v) is 2.72. The Morgan fingerprint density at radius 3 is 2.39 bits per heavy atom. The number of hydrogen-bond acceptors (Lipinski definition) is 2. The predicted molar refractivity (Wildman–Crippen MR) is 75.9 cm³/mol. The third-order valence-corrected chi connectivity index (χ3v) is 3.87. The highest BCUT2D eigenvalue weighted by molar-refractivity contribution is 5.28. The maximum atomic E-state index is 6.18. The molecule has 0 aromatic heterocycles. The summed E-state index contributed by atoms with van der Waals surface area (Å²) in [4.78, 5) is 0. The summed E-state index contributed by atoms with van der Waals surface area (Å²) < 4.78 is 6.18. The van der Waals surface area contributed by atoms with E-state index in [9.17, 15) is 0 Å². The molecule has 0 unspecified atom stereocenters. The van der Waals surface area contributed by atoms with Crippen molar-refractivity contribution >= 4 is 0 Å². The highest BCUT2D eigenvalue weighted by Gasteiger charge is 2.28. The van der Waals surface area contributed by atoms with Crippen LogP contribution in [0.3, 0.4) is 0 Å². The molecule has 0 amide bonds. The van der Waals surface area contributed by atoms with Gasteiger partial charge in [-0.2, -0.15) is 0 Å². The molecule has 18 heavy (non-hydrogen) atoms. The number of hydrogen-bond donors (Lipinski definition) is 1. The molecule has 1 aliphatic rings. The van der Waals surface area contributed by atoms with Gasteiger partial charge in [-0.05, 0) is 69.7 Å². The molecular weight excluding hydrogens is 222 g/mol. The summed E-state index contributed by atoms with van der Waals surface area (Å²) in [6.45, 7) is 3.00. The molecule has 0 bridgehead atoms. The molecule has 2 N–H and O–H groups in total. The number of nitrogens with two attached hydrogens (primary N) is 1. The van der Waals surface area contributed by atoms with Crippen LogP contribution in [0.25, 0.3) is 0 Å². The van der Waals surface area contributed by atoms with Gasteiger partial charge in [-0.25, -0.2) is 0 Å². The molecule has 1 aromatic carbocycles. The first-order valence-electron chi connectivity index (χ1n) is 7.20. The highest BCUT2D eigenvalue weighted by Crippen LogP contribution is 2.32. The quantitative estimate of drug-likeness (QED) is 0.861. The van der Waals surface area contributed by atoms with Gasteiger partial charge in [0.05, 0.1) is 0 Å². The summed E-state index contributed by atoms with van der Waals surface area (Å²) in [5.74, 6) is 1.01. The maximum Gasteiger partial charge on any atom is 0.120 e. The second kappa shape index (κ2) is 6.24. The van der Waals surface area contributed by atoms with E-state index in [0.29, 0.717) is 0 Å². The first-order valence-corrected chi connectivity index (χ1v) is 7.20. The molecule has 0 saturated heterocycles. The Labute approximate surface area is 111 Å². The van der Waals surface area contributed by atoms with Crippen LogP contribution in [-0.2, 0) is 6.42 Å². The Kier molecular flexibility index (Phi) is 4.65. The zero-order valence-corrected chi connectivity index (χ0v) is 11.5. The van der Waals surface area contributed by atoms with E-state index in [1.54, 1.807) is 0 Å². The van der Waals surface area contributed by atoms with Crippen molar-refractivity contribution in [2.24, 2.45) is 5.73 Å². The van der Waals surface area contributed by atoms with Gasteiger partial charge in [0.2, 0.25) is 0 Å². The van der Waals surface area contributed by atoms with E-state index < -0.39 is 0 Å². The van der Waals surface area contributed by atoms with Crippen LogP contribution < -0.4 is 10.5 Å². The first kappa shape index (κ1) is 13.4. The van der Waals surface area contributed by atoms with Gasteiger partial charge in [-0.15, -0.1) is 0 Å². The van der Waals surface area contributed by atoms with Crippen LogP contribution in [0.15, 0.2) is 24.3 Å². The van der Waals surface area contributed by atoms with Crippen molar-refractivity contribution in [2.75, 3.05) is 6.54 Å². The number of benzene rings is 1. The average Bonchev–Trinajstić information content (AvgIpc) is 2.38. The van der Waals surface area contributed by atoms with Crippen LogP contribution in [0.2, 0.25) is 0 Å². The van der Waals surface area contributed by atoms with Crippen LogP contribution in [0.1, 0.15) is 51.0 Å². The zero-order valence-electron chi connectivity index (χ0n) is 11.5. The van der Waals surface area contributed by atoms with Crippen LogP contribution >= 0.6 is 0 Å². The van der Waals surface area contributed by atoms with Gasteiger partial charge >= 0.3 is 0 Å². The third kappa shape index (κ3) is 3.74. The minimum Gasteiger partial charge on any atom is -0.488 e. The Hall–Kier alpha value is -1.02. The van der Waals surface area contributed by atoms with E-state index in [4.69, 9.17) is 10.5 Å². The molecule has 1 saturated carbocycles. The van der Waals surface area contributed by atoms with Crippen molar-refractivity contribution in [3.63, 3.8) is 0 Å². The molecule has 0 radical (unpaired) electrons. The van der Waals surface area contributed by atoms with E-state index in [-0.39, 0.29) is 5.60 Å². The average molecular weight is 247 g/mol. The van der Waals surface area contributed by atoms with E-state index in [1.807, 2.05) is 0 Å². The lowest BCUT2D eigenvalue weighted by atomic mass is 9.86. The van der Waals surface area contributed by atoms with E-state index in [0.717, 1.165) is 25.1 Å². The minimum atomic E-state index is 0.0526. The number of aryl methyl sites for hydroxylation is 1. The lowest BCUT2D eigenvalue weighted by molar-refractivity contribution is 0.0487. The normalized spacial score (nSPS) is 18.6. The van der Waals surface area contributed by atoms with Crippen LogP contribution in [0, 0.1) is 0 Å². The second-order valence-electron chi connectivity index (χ2n) is 5.65. The molecule has 2 nitrogen and oxygen atoms in total. The van der Waals surface area contributed by atoms with Crippen molar-refractivity contribution in [2.45, 2.75) is 57.5 Å². The van der Waals surface area contributed by atoms with Gasteiger partial charge in [0.25, 0.3) is 0 Å². The van der Waals surface area contributed by atoms with Gasteiger partial charge in [0, 0.05) is 0 Å². The van der Waals surface area contributed by atoms with E-state index in [1.165, 1.54) is 37.7 Å². The van der Waals surface area contributed by atoms with Gasteiger partial charge in [-0.1, -0.05) is 18.6 Å². The lowest BCUT2D eigenvalue weighted by Crippen LogP contribution is -2.34. The molecule has 2 rings (SSSR count). The van der Waals surface area contributed by atoms with Crippen LogP contribution in [0.5, 0.6) is 5.75 Å². The van der Waals surface area contributed by atoms with Crippen molar-refractivity contribution in [1.29, 1.82) is 0 Å². The predicted octanol–water partition coefficient (Wildman–Crippen LogP) is 3.68. The number of ether oxygens (including phenoxy) is 1. The van der Waals surface area contributed by atoms with Crippen molar-refractivity contribution in [3.8, 4) is 5.75 Å². The molecule has 0 atom stereocenters. The molecular formula is C16H25NO. The largest absolute Gasteiger partial charge is 0.488 e. The Morgan fingerprint density at radius 1 is 1.11 bits per heavy atom. The molecule has 0 spiro atoms. The first-order chi connectivity index (χ1) is 8.72. The monoisotopic (exact) mass is 247 g/mol. The smallest absolute Gasteiger partial charge is 0.120 e. The Bertz CT molecular complexity index is 352. The number of rotatable bonds is 5. The Morgan fingerprint density at radius 2 is 1.78 bits per heavy atom.